The van der Waals surface area contributed by atoms with Crippen LogP contribution in [0.5, 0.6) is 0 Å². The molecule has 1 atom stereocenters. The van der Waals surface area contributed by atoms with E-state index in [-0.39, 0.29) is 11.3 Å². The minimum absolute atomic E-state index is 0.0773. The molecule has 2 N–H and O–H groups in total. The van der Waals surface area contributed by atoms with E-state index >= 15 is 0 Å². The largest absolute Gasteiger partial charge is 0.478 e. The minimum Gasteiger partial charge on any atom is -0.478 e. The highest BCUT2D eigenvalue weighted by Gasteiger charge is 2.29. The van der Waals surface area contributed by atoms with Crippen LogP contribution in [0.3, 0.4) is 0 Å². The summed E-state index contributed by atoms with van der Waals surface area (Å²) in [4.78, 5) is 26.4. The molecule has 1 aliphatic heterocycles. The lowest BCUT2D eigenvalue weighted by Gasteiger charge is -2.24. The van der Waals surface area contributed by atoms with Gasteiger partial charge in [-0.25, -0.2) is 9.79 Å². The lowest BCUT2D eigenvalue weighted by atomic mass is 9.96. The molecule has 0 amide bonds. The number of benzene rings is 1. The molecular formula is C15H15N3O4S. The Hall–Kier alpha value is -2.61. The number of thioether (sulfide) groups is 1. The predicted octanol–water partition coefficient (Wildman–Crippen LogP) is 2.87. The first kappa shape index (κ1) is 16.8. The number of nitrogens with one attached hydrogen (secondary N) is 1. The number of hydrogen-bond acceptors (Lipinski definition) is 6. The maximum absolute atomic E-state index is 11.6. The van der Waals surface area contributed by atoms with Gasteiger partial charge in [-0.15, -0.1) is 6.58 Å². The van der Waals surface area contributed by atoms with E-state index in [2.05, 4.69) is 16.9 Å². The van der Waals surface area contributed by atoms with E-state index in [0.29, 0.717) is 22.2 Å². The third-order valence-corrected chi connectivity index (χ3v) is 4.07. The van der Waals surface area contributed by atoms with Gasteiger partial charge in [0.25, 0.3) is 5.69 Å². The number of carboxylic acids is 1. The molecule has 0 saturated carbocycles. The van der Waals surface area contributed by atoms with Gasteiger partial charge in [0.2, 0.25) is 0 Å². The van der Waals surface area contributed by atoms with E-state index in [1.165, 1.54) is 30.0 Å². The number of carbonyl (C=O) groups is 1. The van der Waals surface area contributed by atoms with Gasteiger partial charge in [0.15, 0.2) is 5.17 Å². The molecule has 1 aromatic rings. The highest BCUT2D eigenvalue weighted by Crippen LogP contribution is 2.33. The summed E-state index contributed by atoms with van der Waals surface area (Å²) in [6, 6.07) is 5.08. The van der Waals surface area contributed by atoms with E-state index < -0.39 is 16.9 Å². The number of aliphatic carboxylic acids is 1. The molecule has 0 fully saturated rings. The van der Waals surface area contributed by atoms with Gasteiger partial charge in [-0.3, -0.25) is 10.1 Å². The van der Waals surface area contributed by atoms with Crippen molar-refractivity contribution in [3.63, 3.8) is 0 Å². The summed E-state index contributed by atoms with van der Waals surface area (Å²) in [6.07, 6.45) is 1.71. The Kier molecular flexibility index (Phi) is 5.17. The Balaban J connectivity index is 2.48. The maximum atomic E-state index is 11.6. The molecule has 7 nitrogen and oxygen atoms in total. The first-order chi connectivity index (χ1) is 10.9. The molecule has 2 rings (SSSR count). The summed E-state index contributed by atoms with van der Waals surface area (Å²) in [5.41, 5.74) is 0.914. The van der Waals surface area contributed by atoms with Gasteiger partial charge < -0.3 is 10.4 Å². The average Bonchev–Trinajstić information content (AvgIpc) is 2.52. The third-order valence-electron chi connectivity index (χ3n) is 3.18. The molecule has 1 aliphatic rings. The maximum Gasteiger partial charge on any atom is 0.335 e. The molecule has 0 aromatic heterocycles. The molecule has 0 bridgehead atoms. The second-order valence-corrected chi connectivity index (χ2v) is 5.77. The molecule has 0 saturated heterocycles. The molecule has 1 heterocycles. The Morgan fingerprint density at radius 2 is 2.35 bits per heavy atom. The predicted molar refractivity (Wildman–Crippen MR) is 89.4 cm³/mol. The zero-order valence-corrected chi connectivity index (χ0v) is 13.2. The number of hydrogen-bond donors (Lipinski definition) is 2. The summed E-state index contributed by atoms with van der Waals surface area (Å²) >= 11 is 1.38. The topological polar surface area (TPSA) is 105 Å². The fourth-order valence-corrected chi connectivity index (χ4v) is 2.87. The quantitative estimate of drug-likeness (QED) is 0.488. The van der Waals surface area contributed by atoms with E-state index in [9.17, 15) is 20.0 Å². The van der Waals surface area contributed by atoms with Gasteiger partial charge >= 0.3 is 5.97 Å². The van der Waals surface area contributed by atoms with E-state index in [1.54, 1.807) is 19.1 Å². The van der Waals surface area contributed by atoms with Gasteiger partial charge in [-0.1, -0.05) is 30.0 Å². The summed E-state index contributed by atoms with van der Waals surface area (Å²) < 4.78 is 0. The Bertz CT molecular complexity index is 727. The second-order valence-electron chi connectivity index (χ2n) is 4.76. The number of nitrogens with zero attached hydrogens (tertiary/aromatic N) is 2. The van der Waals surface area contributed by atoms with Crippen LogP contribution in [0.25, 0.3) is 0 Å². The summed E-state index contributed by atoms with van der Waals surface area (Å²) in [5, 5.41) is 23.9. The monoisotopic (exact) mass is 333 g/mol. The normalized spacial score (nSPS) is 17.3. The third kappa shape index (κ3) is 3.78. The van der Waals surface area contributed by atoms with Crippen molar-refractivity contribution in [1.82, 2.24) is 5.32 Å². The van der Waals surface area contributed by atoms with Crippen LogP contribution in [0.15, 0.2) is 53.2 Å². The number of nitro groups is 1. The van der Waals surface area contributed by atoms with Crippen LogP contribution < -0.4 is 5.32 Å². The zero-order valence-electron chi connectivity index (χ0n) is 12.4. The van der Waals surface area contributed by atoms with Crippen LogP contribution in [0, 0.1) is 10.1 Å². The van der Waals surface area contributed by atoms with Gasteiger partial charge in [0.05, 0.1) is 10.5 Å². The Morgan fingerprint density at radius 1 is 1.61 bits per heavy atom. The zero-order chi connectivity index (χ0) is 17.0. The van der Waals surface area contributed by atoms with Crippen LogP contribution in [-0.4, -0.2) is 26.9 Å². The van der Waals surface area contributed by atoms with Crippen LogP contribution in [-0.2, 0) is 4.79 Å². The molecule has 0 aliphatic carbocycles. The molecule has 8 heteroatoms. The van der Waals surface area contributed by atoms with Crippen molar-refractivity contribution >= 4 is 28.6 Å². The number of non-ortho nitro benzene ring substituents is 1. The molecule has 1 aromatic carbocycles. The average molecular weight is 333 g/mol. The SMILES string of the molecule is C=CCSC1=NC(c2cccc([N+](=O)[O-])c2)C(C(=O)O)=C(C)N1. The number of allylic oxidation sites excluding steroid dienone is 1. The van der Waals surface area contributed by atoms with Crippen LogP contribution in [0.4, 0.5) is 5.69 Å². The first-order valence-electron chi connectivity index (χ1n) is 6.71. The minimum atomic E-state index is -1.11. The number of rotatable bonds is 5. The molecule has 0 radical (unpaired) electrons. The summed E-state index contributed by atoms with van der Waals surface area (Å²) in [7, 11) is 0. The fraction of sp³-hybridized carbons (Fsp3) is 0.200. The van der Waals surface area contributed by atoms with E-state index in [0.717, 1.165) is 0 Å². The van der Waals surface area contributed by atoms with Gasteiger partial charge in [0, 0.05) is 23.6 Å². The lowest BCUT2D eigenvalue weighted by Crippen LogP contribution is -2.29. The smallest absolute Gasteiger partial charge is 0.335 e. The molecular weight excluding hydrogens is 318 g/mol. The van der Waals surface area contributed by atoms with Gasteiger partial charge in [-0.2, -0.15) is 0 Å². The molecule has 23 heavy (non-hydrogen) atoms. The van der Waals surface area contributed by atoms with Crippen molar-refractivity contribution in [2.45, 2.75) is 13.0 Å². The van der Waals surface area contributed by atoms with Crippen LogP contribution >= 0.6 is 11.8 Å². The van der Waals surface area contributed by atoms with Crippen LogP contribution in [0.1, 0.15) is 18.5 Å². The van der Waals surface area contributed by atoms with Crippen molar-refractivity contribution in [2.75, 3.05) is 5.75 Å². The van der Waals surface area contributed by atoms with Crippen molar-refractivity contribution in [3.8, 4) is 0 Å². The highest BCUT2D eigenvalue weighted by atomic mass is 32.2. The second kappa shape index (κ2) is 7.10. The van der Waals surface area contributed by atoms with Gasteiger partial charge in [-0.05, 0) is 12.5 Å². The summed E-state index contributed by atoms with van der Waals surface area (Å²) in [6.45, 7) is 5.28. The van der Waals surface area contributed by atoms with Crippen LogP contribution in [0.2, 0.25) is 0 Å². The number of nitro benzene ring substituents is 1. The van der Waals surface area contributed by atoms with Crippen molar-refractivity contribution in [1.29, 1.82) is 0 Å². The van der Waals surface area contributed by atoms with E-state index in [1.807, 2.05) is 0 Å². The summed E-state index contributed by atoms with van der Waals surface area (Å²) in [5.74, 6) is -0.494. The molecule has 120 valence electrons. The molecule has 0 spiro atoms. The Labute approximate surface area is 137 Å². The van der Waals surface area contributed by atoms with Crippen molar-refractivity contribution in [2.24, 2.45) is 4.99 Å². The highest BCUT2D eigenvalue weighted by molar-refractivity contribution is 8.13. The standard InChI is InChI=1S/C15H15N3O4S/c1-3-7-23-15-16-9(2)12(14(19)20)13(17-15)10-5-4-6-11(8-10)18(21)22/h3-6,8,13H,1,7H2,2H3,(H,16,17)(H,19,20). The van der Waals surface area contributed by atoms with Crippen molar-refractivity contribution in [3.05, 3.63) is 63.9 Å². The fourth-order valence-electron chi connectivity index (χ4n) is 2.19. The van der Waals surface area contributed by atoms with E-state index in [4.69, 9.17) is 0 Å². The molecule has 1 unspecified atom stereocenters. The Morgan fingerprint density at radius 3 is 2.96 bits per heavy atom. The van der Waals surface area contributed by atoms with Gasteiger partial charge in [0.1, 0.15) is 6.04 Å². The number of amidine groups is 1. The van der Waals surface area contributed by atoms with Crippen molar-refractivity contribution < 1.29 is 14.8 Å². The number of aliphatic imine (C=N–C) groups is 1. The number of carboxylic acid groups (broad SMARTS) is 1. The first-order valence-corrected chi connectivity index (χ1v) is 7.69. The lowest BCUT2D eigenvalue weighted by molar-refractivity contribution is -0.384.